The summed E-state index contributed by atoms with van der Waals surface area (Å²) in [4.78, 5) is 29.3. The molecule has 0 spiro atoms. The van der Waals surface area contributed by atoms with Gasteiger partial charge in [-0.25, -0.2) is 12.7 Å². The van der Waals surface area contributed by atoms with Crippen molar-refractivity contribution in [3.05, 3.63) is 35.4 Å². The Balaban J connectivity index is 1.92. The average Bonchev–Trinajstić information content (AvgIpc) is 3.18. The topological polar surface area (TPSA) is 91.1 Å². The quantitative estimate of drug-likeness (QED) is 0.742. The van der Waals surface area contributed by atoms with Crippen LogP contribution in [0.5, 0.6) is 0 Å². The van der Waals surface area contributed by atoms with Gasteiger partial charge in [-0.05, 0) is 38.2 Å². The molecule has 0 unspecified atom stereocenters. The summed E-state index contributed by atoms with van der Waals surface area (Å²) in [7, 11) is 0.0543. The summed E-state index contributed by atoms with van der Waals surface area (Å²) in [6, 6.07) is 2.77. The lowest BCUT2D eigenvalue weighted by Gasteiger charge is -2.28. The zero-order valence-corrected chi connectivity index (χ0v) is 17.0. The van der Waals surface area contributed by atoms with Crippen LogP contribution in [0.4, 0.5) is 0 Å². The van der Waals surface area contributed by atoms with Crippen molar-refractivity contribution >= 4 is 21.8 Å². The molecule has 148 valence electrons. The van der Waals surface area contributed by atoms with Gasteiger partial charge in [0, 0.05) is 6.54 Å². The Morgan fingerprint density at radius 2 is 2.00 bits per heavy atom. The van der Waals surface area contributed by atoms with E-state index in [-0.39, 0.29) is 24.1 Å². The molecule has 0 radical (unpaired) electrons. The average molecular weight is 395 g/mol. The summed E-state index contributed by atoms with van der Waals surface area (Å²) in [5, 5.41) is 0. The first-order valence-electron chi connectivity index (χ1n) is 8.81. The maximum absolute atomic E-state index is 13.0. The van der Waals surface area contributed by atoms with Gasteiger partial charge in [-0.3, -0.25) is 9.59 Å². The van der Waals surface area contributed by atoms with Crippen molar-refractivity contribution in [2.24, 2.45) is 11.8 Å². The van der Waals surface area contributed by atoms with E-state index in [1.807, 2.05) is 32.8 Å². The summed E-state index contributed by atoms with van der Waals surface area (Å²) in [6.07, 6.45) is 2.66. The van der Waals surface area contributed by atoms with E-state index >= 15 is 0 Å². The third kappa shape index (κ3) is 3.41. The van der Waals surface area contributed by atoms with E-state index in [1.165, 1.54) is 4.90 Å². The molecule has 2 atom stereocenters. The Labute approximate surface area is 159 Å². The van der Waals surface area contributed by atoms with Crippen molar-refractivity contribution in [2.75, 3.05) is 26.9 Å². The number of amides is 2. The molecule has 0 aliphatic carbocycles. The van der Waals surface area contributed by atoms with Gasteiger partial charge in [0.1, 0.15) is 5.76 Å². The number of hydrogen-bond acceptors (Lipinski definition) is 6. The molecule has 2 amide bonds. The minimum absolute atomic E-state index is 0.119. The third-order valence-electron chi connectivity index (χ3n) is 4.85. The lowest BCUT2D eigenvalue weighted by molar-refractivity contribution is -0.128. The Morgan fingerprint density at radius 1 is 1.33 bits per heavy atom. The number of nitrogens with zero attached hydrogens (tertiary/aromatic N) is 3. The van der Waals surface area contributed by atoms with Gasteiger partial charge in [-0.1, -0.05) is 13.8 Å². The first-order chi connectivity index (χ1) is 12.5. The van der Waals surface area contributed by atoms with Crippen LogP contribution in [0.3, 0.4) is 0 Å². The fraction of sp³-hybridized carbons (Fsp3) is 0.556. The molecule has 2 aliphatic heterocycles. The van der Waals surface area contributed by atoms with Crippen LogP contribution in [0.1, 0.15) is 30.2 Å². The van der Waals surface area contributed by atoms with Gasteiger partial charge in [0.15, 0.2) is 5.76 Å². The van der Waals surface area contributed by atoms with E-state index < -0.39 is 27.9 Å². The van der Waals surface area contributed by atoms with Crippen LogP contribution in [-0.2, 0) is 21.4 Å². The van der Waals surface area contributed by atoms with Crippen molar-refractivity contribution in [3.8, 4) is 0 Å². The highest BCUT2D eigenvalue weighted by Crippen LogP contribution is 2.41. The molecule has 27 heavy (non-hydrogen) atoms. The molecule has 3 rings (SSSR count). The Morgan fingerprint density at radius 3 is 2.56 bits per heavy atom. The summed E-state index contributed by atoms with van der Waals surface area (Å²) >= 11 is 0. The molecule has 1 fully saturated rings. The van der Waals surface area contributed by atoms with Crippen LogP contribution in [0.25, 0.3) is 0 Å². The number of furan rings is 1. The Hall–Kier alpha value is -2.13. The van der Waals surface area contributed by atoms with Crippen LogP contribution in [0, 0.1) is 11.8 Å². The van der Waals surface area contributed by atoms with Gasteiger partial charge < -0.3 is 14.2 Å². The van der Waals surface area contributed by atoms with E-state index in [2.05, 4.69) is 0 Å². The molecule has 1 saturated heterocycles. The lowest BCUT2D eigenvalue weighted by Crippen LogP contribution is -2.42. The number of rotatable bonds is 5. The number of carbonyl (C=O) groups is 2. The minimum Gasteiger partial charge on any atom is -0.455 e. The van der Waals surface area contributed by atoms with Gasteiger partial charge in [0.2, 0.25) is 15.9 Å². The highest BCUT2D eigenvalue weighted by molar-refractivity contribution is 7.89. The van der Waals surface area contributed by atoms with Crippen LogP contribution >= 0.6 is 0 Å². The van der Waals surface area contributed by atoms with Gasteiger partial charge in [-0.2, -0.15) is 0 Å². The molecular weight excluding hydrogens is 370 g/mol. The second-order valence-electron chi connectivity index (χ2n) is 7.67. The fourth-order valence-electron chi connectivity index (χ4n) is 3.81. The normalized spacial score (nSPS) is 22.8. The highest BCUT2D eigenvalue weighted by atomic mass is 32.2. The van der Waals surface area contributed by atoms with Crippen molar-refractivity contribution in [2.45, 2.75) is 26.4 Å². The summed E-state index contributed by atoms with van der Waals surface area (Å²) < 4.78 is 30.8. The maximum atomic E-state index is 13.0. The first kappa shape index (κ1) is 19.6. The fourth-order valence-corrected chi connectivity index (χ4v) is 4.82. The van der Waals surface area contributed by atoms with E-state index in [1.54, 1.807) is 18.2 Å². The Kier molecular flexibility index (Phi) is 4.94. The molecule has 2 aliphatic rings. The molecule has 0 N–H and O–H groups in total. The van der Waals surface area contributed by atoms with Crippen LogP contribution in [0.15, 0.2) is 28.3 Å². The van der Waals surface area contributed by atoms with Crippen molar-refractivity contribution in [3.63, 3.8) is 0 Å². The predicted molar refractivity (Wildman–Crippen MR) is 99.0 cm³/mol. The standard InChI is InChI=1S/C18H25N3O5S/c1-11(2)15-16-13(21(18(15)23)27(5,24)25)8-9-20(16)17(22)14-7-6-12(26-14)10-19(3)4/h6-8,11,15-16H,9-10H2,1-5H3/t15-,16+/m1/s1. The first-order valence-corrected chi connectivity index (χ1v) is 10.7. The molecule has 1 aromatic rings. The van der Waals surface area contributed by atoms with Crippen LogP contribution in [0.2, 0.25) is 0 Å². The second-order valence-corrected chi connectivity index (χ2v) is 9.50. The Bertz CT molecular complexity index is 900. The summed E-state index contributed by atoms with van der Waals surface area (Å²) in [5.41, 5.74) is 0.370. The van der Waals surface area contributed by atoms with E-state index in [0.717, 1.165) is 10.6 Å². The van der Waals surface area contributed by atoms with Gasteiger partial charge >= 0.3 is 0 Å². The smallest absolute Gasteiger partial charge is 0.290 e. The molecule has 8 nitrogen and oxygen atoms in total. The number of hydrogen-bond donors (Lipinski definition) is 0. The number of carbonyl (C=O) groups excluding carboxylic acids is 2. The molecule has 0 aromatic carbocycles. The van der Waals surface area contributed by atoms with Crippen LogP contribution in [-0.4, -0.2) is 67.3 Å². The van der Waals surface area contributed by atoms with Gasteiger partial charge in [0.25, 0.3) is 5.91 Å². The molecule has 0 bridgehead atoms. The highest BCUT2D eigenvalue weighted by Gasteiger charge is 2.55. The predicted octanol–water partition coefficient (Wildman–Crippen LogP) is 1.12. The van der Waals surface area contributed by atoms with Crippen molar-refractivity contribution in [1.29, 1.82) is 0 Å². The maximum Gasteiger partial charge on any atom is 0.290 e. The second kappa shape index (κ2) is 6.79. The zero-order valence-electron chi connectivity index (χ0n) is 16.2. The summed E-state index contributed by atoms with van der Waals surface area (Å²) in [5.74, 6) is -0.690. The zero-order chi connectivity index (χ0) is 20.1. The number of fused-ring (bicyclic) bond motifs is 1. The lowest BCUT2D eigenvalue weighted by atomic mass is 9.89. The minimum atomic E-state index is -3.75. The van der Waals surface area contributed by atoms with Crippen molar-refractivity contribution < 1.29 is 22.4 Å². The van der Waals surface area contributed by atoms with Gasteiger partial charge in [0.05, 0.1) is 30.5 Å². The van der Waals surface area contributed by atoms with E-state index in [9.17, 15) is 18.0 Å². The monoisotopic (exact) mass is 395 g/mol. The van der Waals surface area contributed by atoms with Crippen molar-refractivity contribution in [1.82, 2.24) is 14.1 Å². The molecular formula is C18H25N3O5S. The molecule has 1 aromatic heterocycles. The molecule has 3 heterocycles. The van der Waals surface area contributed by atoms with Crippen LogP contribution < -0.4 is 0 Å². The molecule has 0 saturated carbocycles. The van der Waals surface area contributed by atoms with E-state index in [4.69, 9.17) is 4.42 Å². The molecule has 9 heteroatoms. The largest absolute Gasteiger partial charge is 0.455 e. The van der Waals surface area contributed by atoms with Gasteiger partial charge in [-0.15, -0.1) is 0 Å². The third-order valence-corrected chi connectivity index (χ3v) is 5.91. The van der Waals surface area contributed by atoms with E-state index in [0.29, 0.717) is 18.0 Å². The SMILES string of the molecule is CC(C)[C@H]1C(=O)N(S(C)(=O)=O)C2=CCN(C(=O)c3ccc(CN(C)C)o3)[C@@H]21. The number of sulfonamides is 1. The summed E-state index contributed by atoms with van der Waals surface area (Å²) in [6.45, 7) is 4.52.